The van der Waals surface area contributed by atoms with E-state index < -0.39 is 0 Å². The second kappa shape index (κ2) is 5.40. The number of anilines is 2. The highest BCUT2D eigenvalue weighted by atomic mass is 31.0. The monoisotopic (exact) mass is 316 g/mol. The third kappa shape index (κ3) is 2.50. The summed E-state index contributed by atoms with van der Waals surface area (Å²) in [4.78, 5) is 14.1. The zero-order valence-electron chi connectivity index (χ0n) is 12.9. The molecule has 3 rings (SSSR count). The summed E-state index contributed by atoms with van der Waals surface area (Å²) >= 11 is 0. The predicted molar refractivity (Wildman–Crippen MR) is 92.1 cm³/mol. The number of rotatable bonds is 3. The van der Waals surface area contributed by atoms with E-state index in [-0.39, 0.29) is 11.3 Å². The summed E-state index contributed by atoms with van der Waals surface area (Å²) in [5, 5.41) is 4.53. The molecule has 22 heavy (non-hydrogen) atoms. The van der Waals surface area contributed by atoms with Gasteiger partial charge in [-0.3, -0.25) is 9.69 Å². The number of nitrogen functional groups attached to an aromatic ring is 1. The van der Waals surface area contributed by atoms with Gasteiger partial charge in [0.1, 0.15) is 0 Å². The summed E-state index contributed by atoms with van der Waals surface area (Å²) in [7, 11) is 2.70. The van der Waals surface area contributed by atoms with Crippen LogP contribution in [0.5, 0.6) is 0 Å². The molecular formula is C16H21N4OP. The highest BCUT2D eigenvalue weighted by molar-refractivity contribution is 7.15. The van der Waals surface area contributed by atoms with E-state index in [1.807, 2.05) is 26.0 Å². The summed E-state index contributed by atoms with van der Waals surface area (Å²) in [5.74, 6) is 0.647. The Labute approximate surface area is 132 Å². The number of amides is 1. The summed E-state index contributed by atoms with van der Waals surface area (Å²) in [6.07, 6.45) is 3.51. The van der Waals surface area contributed by atoms with Crippen LogP contribution in [0.3, 0.4) is 0 Å². The zero-order valence-corrected chi connectivity index (χ0v) is 14.1. The second-order valence-electron chi connectivity index (χ2n) is 6.31. The van der Waals surface area contributed by atoms with E-state index >= 15 is 0 Å². The van der Waals surface area contributed by atoms with Gasteiger partial charge in [0, 0.05) is 12.0 Å². The topological polar surface area (TPSA) is 64.2 Å². The van der Waals surface area contributed by atoms with Crippen molar-refractivity contribution in [1.29, 1.82) is 0 Å². The van der Waals surface area contributed by atoms with Gasteiger partial charge in [0.2, 0.25) is 5.91 Å². The number of nitrogens with two attached hydrogens (primary N) is 1. The van der Waals surface area contributed by atoms with Gasteiger partial charge < -0.3 is 5.73 Å². The van der Waals surface area contributed by atoms with E-state index in [4.69, 9.17) is 5.73 Å². The Morgan fingerprint density at radius 3 is 2.55 bits per heavy atom. The molecule has 1 atom stereocenters. The molecule has 0 bridgehead atoms. The van der Waals surface area contributed by atoms with Crippen molar-refractivity contribution in [2.75, 3.05) is 17.2 Å². The van der Waals surface area contributed by atoms with Gasteiger partial charge in [0.05, 0.1) is 17.6 Å². The predicted octanol–water partition coefficient (Wildman–Crippen LogP) is 2.59. The van der Waals surface area contributed by atoms with Gasteiger partial charge in [-0.1, -0.05) is 26.0 Å². The quantitative estimate of drug-likeness (QED) is 0.885. The lowest BCUT2D eigenvalue weighted by atomic mass is 9.92. The number of aromatic nitrogens is 2. The minimum absolute atomic E-state index is 0.0859. The summed E-state index contributed by atoms with van der Waals surface area (Å²) in [5.41, 5.74) is 8.45. The molecule has 2 aromatic rings. The Balaban J connectivity index is 1.92. The molecule has 116 valence electrons. The van der Waals surface area contributed by atoms with Crippen LogP contribution in [0.2, 0.25) is 0 Å². The number of benzene rings is 1. The summed E-state index contributed by atoms with van der Waals surface area (Å²) in [6.45, 7) is 4.59. The maximum absolute atomic E-state index is 12.4. The standard InChI is InChI=1S/C16H21N4OP/c1-16(2)7-8-19(15(16)21)14-13(17)9-20(18-14)12-5-3-11(10-22)4-6-12/h3-6,9H,7-8,10,17,22H2,1-2H3. The molecule has 5 nitrogen and oxygen atoms in total. The fourth-order valence-corrected chi connectivity index (χ4v) is 2.94. The molecule has 1 fully saturated rings. The highest BCUT2D eigenvalue weighted by Crippen LogP contribution is 2.35. The van der Waals surface area contributed by atoms with Gasteiger partial charge in [-0.05, 0) is 30.3 Å². The average molecular weight is 316 g/mol. The third-order valence-corrected chi connectivity index (χ3v) is 4.67. The Kier molecular flexibility index (Phi) is 3.69. The molecule has 0 spiro atoms. The average Bonchev–Trinajstić information content (AvgIpc) is 3.00. The van der Waals surface area contributed by atoms with Crippen molar-refractivity contribution in [2.24, 2.45) is 5.41 Å². The van der Waals surface area contributed by atoms with Crippen molar-refractivity contribution in [3.63, 3.8) is 0 Å². The molecule has 2 N–H and O–H groups in total. The molecule has 1 aliphatic heterocycles. The first-order chi connectivity index (χ1) is 10.4. The van der Waals surface area contributed by atoms with Crippen molar-refractivity contribution in [2.45, 2.75) is 26.4 Å². The molecule has 0 saturated carbocycles. The minimum atomic E-state index is -0.337. The fourth-order valence-electron chi connectivity index (χ4n) is 2.67. The van der Waals surface area contributed by atoms with Crippen molar-refractivity contribution in [3.05, 3.63) is 36.0 Å². The van der Waals surface area contributed by atoms with Crippen LogP contribution in [0.1, 0.15) is 25.8 Å². The lowest BCUT2D eigenvalue weighted by molar-refractivity contribution is -0.124. The Hall–Kier alpha value is -1.87. The first-order valence-electron chi connectivity index (χ1n) is 7.39. The number of carbonyl (C=O) groups is 1. The highest BCUT2D eigenvalue weighted by Gasteiger charge is 2.40. The summed E-state index contributed by atoms with van der Waals surface area (Å²) < 4.78 is 1.73. The smallest absolute Gasteiger partial charge is 0.233 e. The number of carbonyl (C=O) groups excluding carboxylic acids is 1. The molecule has 1 amide bonds. The van der Waals surface area contributed by atoms with Gasteiger partial charge in [0.25, 0.3) is 0 Å². The van der Waals surface area contributed by atoms with Crippen LogP contribution in [0.25, 0.3) is 5.69 Å². The van der Waals surface area contributed by atoms with Crippen LogP contribution in [-0.2, 0) is 11.0 Å². The lowest BCUT2D eigenvalue weighted by Crippen LogP contribution is -2.31. The van der Waals surface area contributed by atoms with Crippen molar-refractivity contribution >= 4 is 26.7 Å². The van der Waals surface area contributed by atoms with Crippen LogP contribution in [0, 0.1) is 5.41 Å². The van der Waals surface area contributed by atoms with E-state index in [2.05, 4.69) is 26.5 Å². The van der Waals surface area contributed by atoms with Crippen molar-refractivity contribution < 1.29 is 4.79 Å². The lowest BCUT2D eigenvalue weighted by Gasteiger charge is -2.17. The van der Waals surface area contributed by atoms with Crippen LogP contribution in [0.15, 0.2) is 30.5 Å². The molecule has 1 aliphatic rings. The van der Waals surface area contributed by atoms with E-state index in [9.17, 15) is 4.79 Å². The van der Waals surface area contributed by atoms with Gasteiger partial charge in [0.15, 0.2) is 5.82 Å². The number of hydrogen-bond donors (Lipinski definition) is 1. The van der Waals surface area contributed by atoms with Crippen LogP contribution in [0.4, 0.5) is 11.5 Å². The third-order valence-electron chi connectivity index (χ3n) is 4.20. The number of nitrogens with zero attached hydrogens (tertiary/aromatic N) is 3. The normalized spacial score (nSPS) is 17.2. The molecule has 2 heterocycles. The Morgan fingerprint density at radius 2 is 2.00 bits per heavy atom. The largest absolute Gasteiger partial charge is 0.394 e. The minimum Gasteiger partial charge on any atom is -0.394 e. The Morgan fingerprint density at radius 1 is 1.32 bits per heavy atom. The van der Waals surface area contributed by atoms with E-state index in [1.165, 1.54) is 5.56 Å². The van der Waals surface area contributed by atoms with Gasteiger partial charge in [-0.15, -0.1) is 14.3 Å². The van der Waals surface area contributed by atoms with E-state index in [0.29, 0.717) is 18.1 Å². The first kappa shape index (κ1) is 15.0. The SMILES string of the molecule is CC1(C)CCN(c2nn(-c3ccc(CP)cc3)cc2N)C1=O. The van der Waals surface area contributed by atoms with Gasteiger partial charge >= 0.3 is 0 Å². The fraction of sp³-hybridized carbons (Fsp3) is 0.375. The zero-order chi connectivity index (χ0) is 15.9. The van der Waals surface area contributed by atoms with Gasteiger partial charge in [-0.25, -0.2) is 4.68 Å². The van der Waals surface area contributed by atoms with Crippen molar-refractivity contribution in [3.8, 4) is 5.69 Å². The van der Waals surface area contributed by atoms with Crippen LogP contribution in [-0.4, -0.2) is 22.2 Å². The van der Waals surface area contributed by atoms with Crippen molar-refractivity contribution in [1.82, 2.24) is 9.78 Å². The van der Waals surface area contributed by atoms with Crippen LogP contribution < -0.4 is 10.6 Å². The van der Waals surface area contributed by atoms with E-state index in [1.54, 1.807) is 15.8 Å². The molecule has 0 aliphatic carbocycles. The molecule has 1 saturated heterocycles. The van der Waals surface area contributed by atoms with Gasteiger partial charge in [-0.2, -0.15) is 0 Å². The molecule has 1 aromatic carbocycles. The maximum atomic E-state index is 12.4. The first-order valence-corrected chi connectivity index (χ1v) is 8.20. The molecule has 6 heteroatoms. The maximum Gasteiger partial charge on any atom is 0.233 e. The molecule has 1 aromatic heterocycles. The molecule has 1 unspecified atom stereocenters. The van der Waals surface area contributed by atoms with E-state index in [0.717, 1.165) is 18.3 Å². The second-order valence-corrected chi connectivity index (χ2v) is 6.72. The number of hydrogen-bond acceptors (Lipinski definition) is 3. The molecular weight excluding hydrogens is 295 g/mol. The molecule has 0 radical (unpaired) electrons. The Bertz CT molecular complexity index is 705. The van der Waals surface area contributed by atoms with Crippen LogP contribution >= 0.6 is 9.24 Å². The summed E-state index contributed by atoms with van der Waals surface area (Å²) in [6, 6.07) is 8.13.